The SMILES string of the molecule is CNC(CCC(C)OC)c1cncc(OC)c1. The van der Waals surface area contributed by atoms with E-state index >= 15 is 0 Å². The van der Waals surface area contributed by atoms with Gasteiger partial charge in [0.2, 0.25) is 0 Å². The summed E-state index contributed by atoms with van der Waals surface area (Å²) < 4.78 is 10.4. The molecule has 1 heterocycles. The van der Waals surface area contributed by atoms with Crippen LogP contribution in [0.25, 0.3) is 0 Å². The zero-order chi connectivity index (χ0) is 12.7. The maximum atomic E-state index is 5.26. The molecule has 0 aliphatic rings. The number of rotatable bonds is 7. The van der Waals surface area contributed by atoms with E-state index in [0.29, 0.717) is 0 Å². The van der Waals surface area contributed by atoms with Gasteiger partial charge in [-0.25, -0.2) is 0 Å². The van der Waals surface area contributed by atoms with E-state index in [1.807, 2.05) is 19.3 Å². The van der Waals surface area contributed by atoms with E-state index in [9.17, 15) is 0 Å². The molecule has 0 fully saturated rings. The number of methoxy groups -OCH3 is 2. The molecule has 0 amide bonds. The summed E-state index contributed by atoms with van der Waals surface area (Å²) in [6, 6.07) is 2.31. The van der Waals surface area contributed by atoms with Gasteiger partial charge in [-0.2, -0.15) is 0 Å². The van der Waals surface area contributed by atoms with Crippen LogP contribution in [0.15, 0.2) is 18.5 Å². The lowest BCUT2D eigenvalue weighted by molar-refractivity contribution is 0.106. The highest BCUT2D eigenvalue weighted by Crippen LogP contribution is 2.22. The van der Waals surface area contributed by atoms with Crippen molar-refractivity contribution in [1.29, 1.82) is 0 Å². The quantitative estimate of drug-likeness (QED) is 0.790. The van der Waals surface area contributed by atoms with E-state index in [4.69, 9.17) is 9.47 Å². The van der Waals surface area contributed by atoms with Gasteiger partial charge in [0.1, 0.15) is 5.75 Å². The highest BCUT2D eigenvalue weighted by molar-refractivity contribution is 5.25. The molecule has 1 rings (SSSR count). The van der Waals surface area contributed by atoms with Crippen LogP contribution in [0.5, 0.6) is 5.75 Å². The summed E-state index contributed by atoms with van der Waals surface area (Å²) in [4.78, 5) is 4.18. The molecule has 0 aromatic carbocycles. The van der Waals surface area contributed by atoms with Crippen LogP contribution >= 0.6 is 0 Å². The van der Waals surface area contributed by atoms with E-state index in [2.05, 4.69) is 17.2 Å². The third-order valence-electron chi connectivity index (χ3n) is 2.99. The van der Waals surface area contributed by atoms with Gasteiger partial charge in [0, 0.05) is 19.3 Å². The third kappa shape index (κ3) is 4.32. The van der Waals surface area contributed by atoms with E-state index in [-0.39, 0.29) is 12.1 Å². The van der Waals surface area contributed by atoms with E-state index < -0.39 is 0 Å². The second-order valence-corrected chi connectivity index (χ2v) is 4.12. The Hall–Kier alpha value is -1.13. The van der Waals surface area contributed by atoms with E-state index in [1.54, 1.807) is 20.4 Å². The van der Waals surface area contributed by atoms with Crippen LogP contribution in [0.2, 0.25) is 0 Å². The fourth-order valence-corrected chi connectivity index (χ4v) is 1.73. The minimum atomic E-state index is 0.282. The standard InChI is InChI=1S/C13H22N2O2/c1-10(16-3)5-6-13(14-2)11-7-12(17-4)9-15-8-11/h7-10,13-14H,5-6H2,1-4H3. The molecule has 4 nitrogen and oxygen atoms in total. The molecule has 4 heteroatoms. The van der Waals surface area contributed by atoms with E-state index in [1.165, 1.54) is 0 Å². The van der Waals surface area contributed by atoms with Crippen LogP contribution in [0.4, 0.5) is 0 Å². The van der Waals surface area contributed by atoms with Crippen LogP contribution in [0.3, 0.4) is 0 Å². The molecule has 96 valence electrons. The van der Waals surface area contributed by atoms with Crippen molar-refractivity contribution in [2.45, 2.75) is 31.9 Å². The summed E-state index contributed by atoms with van der Waals surface area (Å²) in [7, 11) is 5.36. The first-order valence-corrected chi connectivity index (χ1v) is 5.90. The Morgan fingerprint density at radius 1 is 1.29 bits per heavy atom. The summed E-state index contributed by atoms with van der Waals surface area (Å²) in [6.45, 7) is 2.08. The molecule has 0 saturated heterocycles. The maximum Gasteiger partial charge on any atom is 0.137 e. The van der Waals surface area contributed by atoms with Crippen molar-refractivity contribution >= 4 is 0 Å². The molecule has 0 saturated carbocycles. The smallest absolute Gasteiger partial charge is 0.137 e. The molecular weight excluding hydrogens is 216 g/mol. The van der Waals surface area contributed by atoms with Gasteiger partial charge in [0.05, 0.1) is 19.4 Å². The van der Waals surface area contributed by atoms with Gasteiger partial charge in [-0.3, -0.25) is 4.98 Å². The zero-order valence-electron chi connectivity index (χ0n) is 11.1. The van der Waals surface area contributed by atoms with Crippen LogP contribution in [-0.4, -0.2) is 32.4 Å². The van der Waals surface area contributed by atoms with Crippen molar-refractivity contribution in [3.63, 3.8) is 0 Å². The number of pyridine rings is 1. The topological polar surface area (TPSA) is 43.4 Å². The van der Waals surface area contributed by atoms with Gasteiger partial charge in [-0.05, 0) is 38.4 Å². The predicted octanol–water partition coefficient (Wildman–Crippen LogP) is 2.17. The van der Waals surface area contributed by atoms with Crippen molar-refractivity contribution in [1.82, 2.24) is 10.3 Å². The van der Waals surface area contributed by atoms with Crippen molar-refractivity contribution in [2.75, 3.05) is 21.3 Å². The molecule has 2 unspecified atom stereocenters. The predicted molar refractivity (Wildman–Crippen MR) is 68.3 cm³/mol. The molecule has 1 N–H and O–H groups in total. The largest absolute Gasteiger partial charge is 0.495 e. The average Bonchev–Trinajstić information content (AvgIpc) is 2.39. The first-order valence-electron chi connectivity index (χ1n) is 5.90. The summed E-state index contributed by atoms with van der Waals surface area (Å²) >= 11 is 0. The molecule has 1 aromatic heterocycles. The first kappa shape index (κ1) is 13.9. The third-order valence-corrected chi connectivity index (χ3v) is 2.99. The van der Waals surface area contributed by atoms with E-state index in [0.717, 1.165) is 24.2 Å². The monoisotopic (exact) mass is 238 g/mol. The molecule has 2 atom stereocenters. The van der Waals surface area contributed by atoms with Gasteiger partial charge in [-0.1, -0.05) is 0 Å². The first-order chi connectivity index (χ1) is 8.21. The lowest BCUT2D eigenvalue weighted by Crippen LogP contribution is -2.19. The second kappa shape index (κ2) is 7.25. The number of ether oxygens (including phenoxy) is 2. The maximum absolute atomic E-state index is 5.26. The average molecular weight is 238 g/mol. The molecule has 0 spiro atoms. The zero-order valence-corrected chi connectivity index (χ0v) is 11.1. The van der Waals surface area contributed by atoms with Gasteiger partial charge >= 0.3 is 0 Å². The minimum absolute atomic E-state index is 0.282. The highest BCUT2D eigenvalue weighted by Gasteiger charge is 2.12. The van der Waals surface area contributed by atoms with Gasteiger partial charge in [0.15, 0.2) is 0 Å². The van der Waals surface area contributed by atoms with Crippen LogP contribution < -0.4 is 10.1 Å². The summed E-state index contributed by atoms with van der Waals surface area (Å²) in [5.41, 5.74) is 1.15. The summed E-state index contributed by atoms with van der Waals surface area (Å²) in [5, 5.41) is 3.30. The van der Waals surface area contributed by atoms with Gasteiger partial charge in [-0.15, -0.1) is 0 Å². The van der Waals surface area contributed by atoms with Crippen LogP contribution in [0.1, 0.15) is 31.4 Å². The molecule has 0 bridgehead atoms. The fourth-order valence-electron chi connectivity index (χ4n) is 1.73. The van der Waals surface area contributed by atoms with Crippen molar-refractivity contribution in [2.24, 2.45) is 0 Å². The Labute approximate surface area is 103 Å². The lowest BCUT2D eigenvalue weighted by atomic mass is 10.0. The van der Waals surface area contributed by atoms with Crippen molar-refractivity contribution in [3.8, 4) is 5.75 Å². The van der Waals surface area contributed by atoms with Crippen molar-refractivity contribution in [3.05, 3.63) is 24.0 Å². The molecule has 1 aromatic rings. The number of hydrogen-bond acceptors (Lipinski definition) is 4. The molecule has 0 radical (unpaired) electrons. The second-order valence-electron chi connectivity index (χ2n) is 4.12. The van der Waals surface area contributed by atoms with Crippen LogP contribution in [-0.2, 0) is 4.74 Å². The Kier molecular flexibility index (Phi) is 5.94. The molecular formula is C13H22N2O2. The lowest BCUT2D eigenvalue weighted by Gasteiger charge is -2.18. The fraction of sp³-hybridized carbons (Fsp3) is 0.615. The molecule has 17 heavy (non-hydrogen) atoms. The minimum Gasteiger partial charge on any atom is -0.495 e. The normalized spacial score (nSPS) is 14.4. The number of aromatic nitrogens is 1. The Morgan fingerprint density at radius 2 is 2.06 bits per heavy atom. The number of hydrogen-bond donors (Lipinski definition) is 1. The van der Waals surface area contributed by atoms with Gasteiger partial charge < -0.3 is 14.8 Å². The Balaban J connectivity index is 2.65. The van der Waals surface area contributed by atoms with Crippen LogP contribution in [0, 0.1) is 0 Å². The Morgan fingerprint density at radius 3 is 2.65 bits per heavy atom. The summed E-state index contributed by atoms with van der Waals surface area (Å²) in [5.74, 6) is 0.794. The van der Waals surface area contributed by atoms with Gasteiger partial charge in [0.25, 0.3) is 0 Å². The number of nitrogens with one attached hydrogen (secondary N) is 1. The summed E-state index contributed by atoms with van der Waals surface area (Å²) in [6.07, 6.45) is 5.90. The van der Waals surface area contributed by atoms with Crippen molar-refractivity contribution < 1.29 is 9.47 Å². The Bertz CT molecular complexity index is 331. The number of nitrogens with zero attached hydrogens (tertiary/aromatic N) is 1. The highest BCUT2D eigenvalue weighted by atomic mass is 16.5. The molecule has 0 aliphatic heterocycles. The molecule has 0 aliphatic carbocycles.